The van der Waals surface area contributed by atoms with Crippen molar-refractivity contribution >= 4 is 35.6 Å². The molecule has 2 heterocycles. The van der Waals surface area contributed by atoms with E-state index >= 15 is 0 Å². The Morgan fingerprint density at radius 3 is 2.53 bits per heavy atom. The number of nitrogens with zero attached hydrogens (tertiary/aromatic N) is 5. The van der Waals surface area contributed by atoms with E-state index in [1.165, 1.54) is 32.6 Å². The van der Waals surface area contributed by atoms with Gasteiger partial charge in [-0.25, -0.2) is 0 Å². The molecule has 0 saturated carbocycles. The van der Waals surface area contributed by atoms with Crippen LogP contribution in [0.1, 0.15) is 19.8 Å². The van der Waals surface area contributed by atoms with Gasteiger partial charge in [0, 0.05) is 52.4 Å². The van der Waals surface area contributed by atoms with Crippen LogP contribution in [-0.2, 0) is 0 Å². The molecule has 0 unspecified atom stereocenters. The number of hydrogen-bond acceptors (Lipinski definition) is 5. The summed E-state index contributed by atoms with van der Waals surface area (Å²) >= 11 is 0. The second kappa shape index (κ2) is 13.2. The van der Waals surface area contributed by atoms with Gasteiger partial charge in [-0.15, -0.1) is 24.0 Å². The Morgan fingerprint density at radius 1 is 1.03 bits per heavy atom. The molecular weight excluding hydrogens is 491 g/mol. The molecule has 0 spiro atoms. The van der Waals surface area contributed by atoms with Crippen molar-refractivity contribution in [3.63, 3.8) is 0 Å². The van der Waals surface area contributed by atoms with E-state index in [4.69, 9.17) is 4.99 Å². The van der Waals surface area contributed by atoms with Gasteiger partial charge in [0.1, 0.15) is 5.75 Å². The molecule has 0 aliphatic carbocycles. The smallest absolute Gasteiger partial charge is 0.194 e. The quantitative estimate of drug-likeness (QED) is 0.255. The maximum atomic E-state index is 10.1. The number of rotatable bonds is 6. The number of nitrogens with one attached hydrogen (secondary N) is 1. The number of aliphatic imine (C=N–C) groups is 1. The predicted molar refractivity (Wildman–Crippen MR) is 136 cm³/mol. The van der Waals surface area contributed by atoms with E-state index in [0.717, 1.165) is 63.9 Å². The van der Waals surface area contributed by atoms with Crippen LogP contribution in [0.15, 0.2) is 29.3 Å². The topological polar surface area (TPSA) is 57.6 Å². The average Bonchev–Trinajstić information content (AvgIpc) is 2.95. The molecule has 7 nitrogen and oxygen atoms in total. The molecule has 0 bridgehead atoms. The third-order valence-electron chi connectivity index (χ3n) is 5.84. The van der Waals surface area contributed by atoms with Crippen LogP contribution in [0.4, 0.5) is 5.69 Å². The zero-order chi connectivity index (χ0) is 20.5. The zero-order valence-electron chi connectivity index (χ0n) is 18.6. The number of phenols is 1. The van der Waals surface area contributed by atoms with E-state index in [0.29, 0.717) is 5.75 Å². The second-order valence-electron chi connectivity index (χ2n) is 8.05. The lowest BCUT2D eigenvalue weighted by molar-refractivity contribution is 0.274. The highest BCUT2D eigenvalue weighted by atomic mass is 127. The minimum Gasteiger partial charge on any atom is -0.506 e. The van der Waals surface area contributed by atoms with Crippen LogP contribution in [0.2, 0.25) is 0 Å². The summed E-state index contributed by atoms with van der Waals surface area (Å²) in [5, 5.41) is 13.6. The number of likely N-dealkylation sites (N-methyl/N-ethyl adjacent to an activating group) is 1. The number of anilines is 1. The highest BCUT2D eigenvalue weighted by molar-refractivity contribution is 14.0. The lowest BCUT2D eigenvalue weighted by Gasteiger charge is -2.37. The van der Waals surface area contributed by atoms with Gasteiger partial charge in [-0.05, 0) is 58.6 Å². The van der Waals surface area contributed by atoms with Crippen LogP contribution in [0.25, 0.3) is 0 Å². The van der Waals surface area contributed by atoms with Gasteiger partial charge in [-0.1, -0.05) is 12.1 Å². The average molecular weight is 530 g/mol. The van der Waals surface area contributed by atoms with Crippen molar-refractivity contribution in [2.24, 2.45) is 4.99 Å². The first-order chi connectivity index (χ1) is 14.2. The number of benzene rings is 1. The number of piperazine rings is 1. The highest BCUT2D eigenvalue weighted by Crippen LogP contribution is 2.27. The standard InChI is InChI=1S/C22H38N6O.HI/c1-3-23-22(24-10-6-12-26-13-7-11-25(2)14-15-26)28-18-16-27(17-19-28)20-8-4-5-9-21(20)29;/h4-5,8-9,29H,3,6-7,10-19H2,1-2H3,(H,23,24);1H. The van der Waals surface area contributed by atoms with E-state index in [1.54, 1.807) is 6.07 Å². The summed E-state index contributed by atoms with van der Waals surface area (Å²) in [5.74, 6) is 1.39. The Morgan fingerprint density at radius 2 is 1.80 bits per heavy atom. The highest BCUT2D eigenvalue weighted by Gasteiger charge is 2.21. The van der Waals surface area contributed by atoms with Crippen molar-refractivity contribution in [3.05, 3.63) is 24.3 Å². The fourth-order valence-electron chi connectivity index (χ4n) is 4.12. The lowest BCUT2D eigenvalue weighted by atomic mass is 10.2. The fraction of sp³-hybridized carbons (Fsp3) is 0.682. The Balaban J connectivity index is 0.00000320. The molecule has 8 heteroatoms. The Bertz CT molecular complexity index is 650. The number of guanidine groups is 1. The monoisotopic (exact) mass is 530 g/mol. The van der Waals surface area contributed by atoms with Crippen molar-refractivity contribution < 1.29 is 5.11 Å². The van der Waals surface area contributed by atoms with Crippen LogP contribution in [0.5, 0.6) is 5.75 Å². The van der Waals surface area contributed by atoms with Gasteiger partial charge in [0.25, 0.3) is 0 Å². The summed E-state index contributed by atoms with van der Waals surface area (Å²) in [5.41, 5.74) is 0.928. The van der Waals surface area contributed by atoms with Gasteiger partial charge >= 0.3 is 0 Å². The van der Waals surface area contributed by atoms with Gasteiger partial charge in [0.2, 0.25) is 0 Å². The van der Waals surface area contributed by atoms with E-state index in [-0.39, 0.29) is 24.0 Å². The third kappa shape index (κ3) is 7.46. The summed E-state index contributed by atoms with van der Waals surface area (Å²) in [4.78, 5) is 14.5. The van der Waals surface area contributed by atoms with Crippen LogP contribution in [0, 0.1) is 0 Å². The van der Waals surface area contributed by atoms with Crippen LogP contribution < -0.4 is 10.2 Å². The van der Waals surface area contributed by atoms with Crippen molar-refractivity contribution in [1.82, 2.24) is 20.0 Å². The molecule has 3 rings (SSSR count). The number of halogens is 1. The first-order valence-corrected chi connectivity index (χ1v) is 11.1. The van der Waals surface area contributed by atoms with E-state index in [2.05, 4.69) is 38.9 Å². The molecule has 0 atom stereocenters. The van der Waals surface area contributed by atoms with Gasteiger partial charge in [-0.3, -0.25) is 4.99 Å². The van der Waals surface area contributed by atoms with Crippen molar-refractivity contribution in [2.45, 2.75) is 19.8 Å². The van der Waals surface area contributed by atoms with E-state index in [1.807, 2.05) is 18.2 Å². The molecule has 2 saturated heterocycles. The Labute approximate surface area is 199 Å². The summed E-state index contributed by atoms with van der Waals surface area (Å²) in [7, 11) is 2.22. The number of para-hydroxylation sites is 2. The molecule has 30 heavy (non-hydrogen) atoms. The molecule has 1 aromatic carbocycles. The van der Waals surface area contributed by atoms with Gasteiger partial charge in [0.05, 0.1) is 5.69 Å². The van der Waals surface area contributed by atoms with E-state index < -0.39 is 0 Å². The third-order valence-corrected chi connectivity index (χ3v) is 5.84. The molecule has 2 fully saturated rings. The largest absolute Gasteiger partial charge is 0.506 e. The zero-order valence-corrected chi connectivity index (χ0v) is 20.9. The Kier molecular flexibility index (Phi) is 11.0. The molecule has 2 aliphatic heterocycles. The molecule has 0 amide bonds. The van der Waals surface area contributed by atoms with Gasteiger partial charge < -0.3 is 30.0 Å². The van der Waals surface area contributed by atoms with Crippen LogP contribution >= 0.6 is 24.0 Å². The number of aromatic hydroxyl groups is 1. The minimum atomic E-state index is 0. The van der Waals surface area contributed by atoms with Gasteiger partial charge in [-0.2, -0.15) is 0 Å². The summed E-state index contributed by atoms with van der Waals surface area (Å²) in [6, 6.07) is 7.60. The molecule has 2 N–H and O–H groups in total. The molecule has 0 aromatic heterocycles. The van der Waals surface area contributed by atoms with Crippen molar-refractivity contribution in [1.29, 1.82) is 0 Å². The normalized spacial score (nSPS) is 19.3. The first kappa shape index (κ1) is 25.0. The Hall–Kier alpha value is -1.26. The van der Waals surface area contributed by atoms with E-state index in [9.17, 15) is 5.11 Å². The van der Waals surface area contributed by atoms with Gasteiger partial charge in [0.15, 0.2) is 5.96 Å². The number of hydrogen-bond donors (Lipinski definition) is 2. The molecule has 2 aliphatic rings. The maximum absolute atomic E-state index is 10.1. The minimum absolute atomic E-state index is 0. The molecular formula is C22H39IN6O. The SMILES string of the molecule is CCNC(=NCCCN1CCCN(C)CC1)N1CCN(c2ccccc2O)CC1.I. The molecule has 170 valence electrons. The summed E-state index contributed by atoms with van der Waals surface area (Å²) in [6.07, 6.45) is 2.38. The van der Waals surface area contributed by atoms with Crippen molar-refractivity contribution in [3.8, 4) is 5.75 Å². The maximum Gasteiger partial charge on any atom is 0.194 e. The van der Waals surface area contributed by atoms with Crippen LogP contribution in [-0.4, -0.2) is 105 Å². The lowest BCUT2D eigenvalue weighted by Crippen LogP contribution is -2.52. The van der Waals surface area contributed by atoms with Crippen molar-refractivity contribution in [2.75, 3.05) is 83.9 Å². The number of phenolic OH excluding ortho intramolecular Hbond substituents is 1. The fourth-order valence-corrected chi connectivity index (χ4v) is 4.12. The molecule has 1 aromatic rings. The summed E-state index contributed by atoms with van der Waals surface area (Å²) < 4.78 is 0. The molecule has 0 radical (unpaired) electrons. The summed E-state index contributed by atoms with van der Waals surface area (Å²) in [6.45, 7) is 13.4. The first-order valence-electron chi connectivity index (χ1n) is 11.1. The predicted octanol–water partition coefficient (Wildman–Crippen LogP) is 2.13. The van der Waals surface area contributed by atoms with Crippen LogP contribution in [0.3, 0.4) is 0 Å². The second-order valence-corrected chi connectivity index (χ2v) is 8.05.